The minimum absolute atomic E-state index is 0.0109. The number of nitrogens with zero attached hydrogens (tertiary/aromatic N) is 3. The molecule has 2 N–H and O–H groups in total. The maximum absolute atomic E-state index is 13.3. The van der Waals surface area contributed by atoms with Crippen LogP contribution in [0.4, 0.5) is 5.82 Å². The van der Waals surface area contributed by atoms with Gasteiger partial charge in [0.15, 0.2) is 0 Å². The lowest BCUT2D eigenvalue weighted by molar-refractivity contribution is 0.0680. The smallest absolute Gasteiger partial charge is 0.258 e. The third-order valence-electron chi connectivity index (χ3n) is 5.06. The number of rotatable bonds is 4. The summed E-state index contributed by atoms with van der Waals surface area (Å²) in [7, 11) is 1.68. The van der Waals surface area contributed by atoms with Gasteiger partial charge in [0.05, 0.1) is 24.3 Å². The van der Waals surface area contributed by atoms with Crippen molar-refractivity contribution in [3.05, 3.63) is 47.9 Å². The number of carbonyl (C=O) groups excluding carboxylic acids is 1. The Bertz CT molecular complexity index is 945. The van der Waals surface area contributed by atoms with Crippen LogP contribution in [-0.2, 0) is 11.3 Å². The van der Waals surface area contributed by atoms with E-state index in [4.69, 9.17) is 14.9 Å². The summed E-state index contributed by atoms with van der Waals surface area (Å²) in [6.07, 6.45) is 4.16. The van der Waals surface area contributed by atoms with Crippen LogP contribution in [0.3, 0.4) is 0 Å². The first-order chi connectivity index (χ1) is 12.6. The molecule has 0 aliphatic carbocycles. The van der Waals surface area contributed by atoms with E-state index >= 15 is 0 Å². The fourth-order valence-electron chi connectivity index (χ4n) is 3.68. The lowest BCUT2D eigenvalue weighted by Gasteiger charge is -2.24. The van der Waals surface area contributed by atoms with Crippen molar-refractivity contribution >= 4 is 22.7 Å². The molecule has 26 heavy (non-hydrogen) atoms. The van der Waals surface area contributed by atoms with E-state index in [0.717, 1.165) is 23.0 Å². The number of furan rings is 1. The van der Waals surface area contributed by atoms with E-state index < -0.39 is 0 Å². The molecule has 0 spiro atoms. The molecule has 3 heterocycles. The van der Waals surface area contributed by atoms with Crippen molar-refractivity contribution in [3.63, 3.8) is 0 Å². The molecular weight excluding hydrogens is 332 g/mol. The minimum Gasteiger partial charge on any atom is -0.463 e. The molecule has 2 atom stereocenters. The Morgan fingerprint density at radius 2 is 2.27 bits per heavy atom. The van der Waals surface area contributed by atoms with Gasteiger partial charge in [0.1, 0.15) is 17.7 Å². The van der Waals surface area contributed by atoms with Crippen LogP contribution in [0.25, 0.3) is 11.0 Å². The second kappa shape index (κ2) is 6.49. The van der Waals surface area contributed by atoms with E-state index in [0.29, 0.717) is 24.5 Å². The molecule has 4 rings (SSSR count). The van der Waals surface area contributed by atoms with Crippen LogP contribution >= 0.6 is 0 Å². The van der Waals surface area contributed by atoms with Crippen molar-refractivity contribution < 1.29 is 13.9 Å². The third kappa shape index (κ3) is 2.84. The monoisotopic (exact) mass is 354 g/mol. The second-order valence-electron chi connectivity index (χ2n) is 6.77. The predicted octanol–water partition coefficient (Wildman–Crippen LogP) is 2.45. The zero-order valence-corrected chi connectivity index (χ0v) is 14.9. The maximum atomic E-state index is 13.3. The van der Waals surface area contributed by atoms with E-state index in [1.807, 2.05) is 36.2 Å². The Hall–Kier alpha value is -2.80. The van der Waals surface area contributed by atoms with E-state index in [9.17, 15) is 4.79 Å². The highest BCUT2D eigenvalue weighted by Crippen LogP contribution is 2.29. The standard InChI is InChI=1S/C19H22N4O3/c1-12-4-3-5-15-16(11-26-18(12)15)19(24)23-10-14(25-2)8-13(23)9-22-7-6-17(20)21-22/h3-7,11,13-14H,8-10H2,1-2H3,(H2,20,21)/t13-,14-/m0/s1. The molecule has 3 aromatic rings. The van der Waals surface area contributed by atoms with Gasteiger partial charge in [0.25, 0.3) is 5.91 Å². The fourth-order valence-corrected chi connectivity index (χ4v) is 3.68. The van der Waals surface area contributed by atoms with Gasteiger partial charge < -0.3 is 19.8 Å². The number of methoxy groups -OCH3 is 1. The highest BCUT2D eigenvalue weighted by atomic mass is 16.5. The van der Waals surface area contributed by atoms with E-state index in [1.165, 1.54) is 0 Å². The average molecular weight is 354 g/mol. The summed E-state index contributed by atoms with van der Waals surface area (Å²) in [6, 6.07) is 7.58. The van der Waals surface area contributed by atoms with Crippen molar-refractivity contribution in [2.24, 2.45) is 0 Å². The van der Waals surface area contributed by atoms with Gasteiger partial charge in [-0.3, -0.25) is 9.48 Å². The first kappa shape index (κ1) is 16.7. The number of fused-ring (bicyclic) bond motifs is 1. The van der Waals surface area contributed by atoms with Gasteiger partial charge in [-0.25, -0.2) is 0 Å². The summed E-state index contributed by atoms with van der Waals surface area (Å²) in [5.74, 6) is 0.430. The van der Waals surface area contributed by atoms with Gasteiger partial charge in [0, 0.05) is 25.2 Å². The van der Waals surface area contributed by atoms with Crippen LogP contribution in [0.5, 0.6) is 0 Å². The Morgan fingerprint density at radius 1 is 1.42 bits per heavy atom. The summed E-state index contributed by atoms with van der Waals surface area (Å²) in [5.41, 5.74) is 8.07. The first-order valence-corrected chi connectivity index (χ1v) is 8.66. The number of amides is 1. The second-order valence-corrected chi connectivity index (χ2v) is 6.77. The molecule has 0 unspecified atom stereocenters. The zero-order valence-electron chi connectivity index (χ0n) is 14.9. The largest absolute Gasteiger partial charge is 0.463 e. The summed E-state index contributed by atoms with van der Waals surface area (Å²) in [6.45, 7) is 3.11. The number of aromatic nitrogens is 2. The number of aryl methyl sites for hydroxylation is 1. The number of hydrogen-bond acceptors (Lipinski definition) is 5. The lowest BCUT2D eigenvalue weighted by atomic mass is 10.1. The molecule has 0 radical (unpaired) electrons. The van der Waals surface area contributed by atoms with Crippen LogP contribution in [0.2, 0.25) is 0 Å². The van der Waals surface area contributed by atoms with Crippen molar-refractivity contribution in [2.75, 3.05) is 19.4 Å². The van der Waals surface area contributed by atoms with Crippen LogP contribution in [0, 0.1) is 6.92 Å². The molecule has 1 amide bonds. The zero-order chi connectivity index (χ0) is 18.3. The van der Waals surface area contributed by atoms with Gasteiger partial charge in [0.2, 0.25) is 0 Å². The fraction of sp³-hybridized carbons (Fsp3) is 0.368. The minimum atomic E-state index is -0.0426. The van der Waals surface area contributed by atoms with Crippen molar-refractivity contribution in [3.8, 4) is 0 Å². The molecule has 0 bridgehead atoms. The number of ether oxygens (including phenoxy) is 1. The highest BCUT2D eigenvalue weighted by molar-refractivity contribution is 6.06. The van der Waals surface area contributed by atoms with Crippen LogP contribution in [0.1, 0.15) is 22.3 Å². The van der Waals surface area contributed by atoms with E-state index in [1.54, 1.807) is 24.1 Å². The molecule has 0 saturated carbocycles. The summed E-state index contributed by atoms with van der Waals surface area (Å²) < 4.78 is 12.9. The number of nitrogens with two attached hydrogens (primary N) is 1. The number of benzene rings is 1. The van der Waals surface area contributed by atoms with Gasteiger partial charge in [-0.1, -0.05) is 18.2 Å². The Morgan fingerprint density at radius 3 is 3.00 bits per heavy atom. The molecule has 1 aromatic carbocycles. The van der Waals surface area contributed by atoms with E-state index in [-0.39, 0.29) is 18.1 Å². The topological polar surface area (TPSA) is 86.5 Å². The third-order valence-corrected chi connectivity index (χ3v) is 5.06. The number of anilines is 1. The van der Waals surface area contributed by atoms with Gasteiger partial charge in [-0.05, 0) is 25.0 Å². The van der Waals surface area contributed by atoms with Crippen molar-refractivity contribution in [1.29, 1.82) is 0 Å². The Kier molecular flexibility index (Phi) is 4.16. The number of nitrogen functional groups attached to an aromatic ring is 1. The number of para-hydroxylation sites is 1. The van der Waals surface area contributed by atoms with Crippen molar-refractivity contribution in [1.82, 2.24) is 14.7 Å². The van der Waals surface area contributed by atoms with Crippen LogP contribution < -0.4 is 5.73 Å². The van der Waals surface area contributed by atoms with Gasteiger partial charge in [-0.2, -0.15) is 5.10 Å². The average Bonchev–Trinajstić information content (AvgIpc) is 3.33. The molecular formula is C19H22N4O3. The van der Waals surface area contributed by atoms with Crippen LogP contribution in [0.15, 0.2) is 41.1 Å². The number of likely N-dealkylation sites (tertiary alicyclic amines) is 1. The molecule has 7 nitrogen and oxygen atoms in total. The van der Waals surface area contributed by atoms with Gasteiger partial charge >= 0.3 is 0 Å². The van der Waals surface area contributed by atoms with E-state index in [2.05, 4.69) is 5.10 Å². The number of hydrogen-bond donors (Lipinski definition) is 1. The summed E-state index contributed by atoms with van der Waals surface area (Å²) in [5, 5.41) is 5.09. The Labute approximate surface area is 151 Å². The lowest BCUT2D eigenvalue weighted by Crippen LogP contribution is -2.38. The molecule has 136 valence electrons. The molecule has 1 aliphatic rings. The number of carbonyl (C=O) groups is 1. The normalized spacial score (nSPS) is 20.2. The summed E-state index contributed by atoms with van der Waals surface area (Å²) in [4.78, 5) is 15.1. The predicted molar refractivity (Wildman–Crippen MR) is 97.8 cm³/mol. The maximum Gasteiger partial charge on any atom is 0.258 e. The van der Waals surface area contributed by atoms with Gasteiger partial charge in [-0.15, -0.1) is 0 Å². The molecule has 1 aliphatic heterocycles. The molecule has 7 heteroatoms. The quantitative estimate of drug-likeness (QED) is 0.778. The molecule has 1 saturated heterocycles. The summed E-state index contributed by atoms with van der Waals surface area (Å²) >= 11 is 0. The molecule has 2 aromatic heterocycles. The highest BCUT2D eigenvalue weighted by Gasteiger charge is 2.37. The first-order valence-electron chi connectivity index (χ1n) is 8.66. The molecule has 1 fully saturated rings. The van der Waals surface area contributed by atoms with Crippen LogP contribution in [-0.4, -0.2) is 46.4 Å². The van der Waals surface area contributed by atoms with Crippen molar-refractivity contribution in [2.45, 2.75) is 32.0 Å². The SMILES string of the molecule is CO[C@H]1C[C@@H](Cn2ccc(N)n2)N(C(=O)c2coc3c(C)cccc23)C1. The Balaban J connectivity index is 1.64.